The number of aromatic nitrogens is 2. The van der Waals surface area contributed by atoms with Crippen molar-refractivity contribution in [2.24, 2.45) is 0 Å². The monoisotopic (exact) mass is 229 g/mol. The molecule has 66 valence electrons. The van der Waals surface area contributed by atoms with Gasteiger partial charge in [0.2, 0.25) is 5.95 Å². The fourth-order valence-corrected chi connectivity index (χ4v) is 0.985. The summed E-state index contributed by atoms with van der Waals surface area (Å²) in [7, 11) is 0. The summed E-state index contributed by atoms with van der Waals surface area (Å²) < 4.78 is 0.906. The van der Waals surface area contributed by atoms with E-state index in [4.69, 9.17) is 0 Å². The van der Waals surface area contributed by atoms with Crippen molar-refractivity contribution in [2.75, 3.05) is 11.9 Å². The number of unbranched alkanes of at least 4 members (excludes halogenated alkanes) is 1. The highest BCUT2D eigenvalue weighted by Crippen LogP contribution is 2.06. The van der Waals surface area contributed by atoms with Gasteiger partial charge in [-0.1, -0.05) is 13.3 Å². The fourth-order valence-electron chi connectivity index (χ4n) is 0.781. The average molecular weight is 230 g/mol. The molecule has 0 amide bonds. The van der Waals surface area contributed by atoms with Gasteiger partial charge in [-0.3, -0.25) is 0 Å². The second-order valence-electron chi connectivity index (χ2n) is 2.51. The number of nitrogens with one attached hydrogen (secondary N) is 1. The van der Waals surface area contributed by atoms with Crippen LogP contribution in [0.1, 0.15) is 19.8 Å². The van der Waals surface area contributed by atoms with Crippen molar-refractivity contribution in [2.45, 2.75) is 19.8 Å². The SMILES string of the molecule is CCCCNc1ncc(Br)cn1. The number of halogens is 1. The molecular weight excluding hydrogens is 218 g/mol. The zero-order valence-electron chi connectivity index (χ0n) is 7.05. The molecule has 1 aromatic rings. The van der Waals surface area contributed by atoms with Gasteiger partial charge in [-0.05, 0) is 22.4 Å². The van der Waals surface area contributed by atoms with Crippen LogP contribution in [0.3, 0.4) is 0 Å². The molecule has 0 aromatic carbocycles. The predicted molar refractivity (Wildman–Crippen MR) is 53.1 cm³/mol. The minimum absolute atomic E-state index is 0.701. The van der Waals surface area contributed by atoms with E-state index in [9.17, 15) is 0 Å². The van der Waals surface area contributed by atoms with Crippen LogP contribution in [-0.4, -0.2) is 16.5 Å². The largest absolute Gasteiger partial charge is 0.354 e. The smallest absolute Gasteiger partial charge is 0.222 e. The molecule has 0 aliphatic carbocycles. The molecule has 1 heterocycles. The Bertz CT molecular complexity index is 222. The molecule has 4 heteroatoms. The lowest BCUT2D eigenvalue weighted by atomic mass is 10.3. The Hall–Kier alpha value is -0.640. The quantitative estimate of drug-likeness (QED) is 0.807. The third kappa shape index (κ3) is 3.17. The second-order valence-corrected chi connectivity index (χ2v) is 3.42. The summed E-state index contributed by atoms with van der Waals surface area (Å²) in [5, 5.41) is 3.13. The van der Waals surface area contributed by atoms with Crippen LogP contribution in [0.5, 0.6) is 0 Å². The number of hydrogen-bond donors (Lipinski definition) is 1. The predicted octanol–water partition coefficient (Wildman–Crippen LogP) is 2.45. The van der Waals surface area contributed by atoms with Crippen molar-refractivity contribution in [1.29, 1.82) is 0 Å². The molecular formula is C8H12BrN3. The van der Waals surface area contributed by atoms with Gasteiger partial charge in [0, 0.05) is 18.9 Å². The molecule has 0 bridgehead atoms. The first-order valence-corrected chi connectivity index (χ1v) is 4.83. The lowest BCUT2D eigenvalue weighted by Crippen LogP contribution is -2.04. The van der Waals surface area contributed by atoms with E-state index in [2.05, 4.69) is 38.1 Å². The van der Waals surface area contributed by atoms with Gasteiger partial charge in [-0.2, -0.15) is 0 Å². The molecule has 0 atom stereocenters. The number of rotatable bonds is 4. The molecule has 0 saturated heterocycles. The number of anilines is 1. The topological polar surface area (TPSA) is 37.8 Å². The Morgan fingerprint density at radius 3 is 2.67 bits per heavy atom. The first-order valence-electron chi connectivity index (χ1n) is 4.04. The van der Waals surface area contributed by atoms with Crippen LogP contribution in [0.15, 0.2) is 16.9 Å². The van der Waals surface area contributed by atoms with Crippen LogP contribution in [0, 0.1) is 0 Å². The van der Waals surface area contributed by atoms with E-state index < -0.39 is 0 Å². The van der Waals surface area contributed by atoms with E-state index in [-0.39, 0.29) is 0 Å². The molecule has 1 rings (SSSR count). The highest BCUT2D eigenvalue weighted by Gasteiger charge is 1.92. The van der Waals surface area contributed by atoms with E-state index in [1.54, 1.807) is 12.4 Å². The second kappa shape index (κ2) is 5.09. The van der Waals surface area contributed by atoms with Crippen LogP contribution in [-0.2, 0) is 0 Å². The van der Waals surface area contributed by atoms with Crippen molar-refractivity contribution in [3.63, 3.8) is 0 Å². The zero-order chi connectivity index (χ0) is 8.81. The van der Waals surface area contributed by atoms with Crippen molar-refractivity contribution in [1.82, 2.24) is 9.97 Å². The summed E-state index contributed by atoms with van der Waals surface area (Å²) in [5.41, 5.74) is 0. The normalized spacial score (nSPS) is 9.83. The summed E-state index contributed by atoms with van der Waals surface area (Å²) in [4.78, 5) is 8.16. The first-order chi connectivity index (χ1) is 5.83. The van der Waals surface area contributed by atoms with Gasteiger partial charge in [0.15, 0.2) is 0 Å². The maximum Gasteiger partial charge on any atom is 0.222 e. The molecule has 0 aliphatic rings. The lowest BCUT2D eigenvalue weighted by Gasteiger charge is -2.01. The Morgan fingerprint density at radius 1 is 1.42 bits per heavy atom. The maximum atomic E-state index is 4.08. The first kappa shape index (κ1) is 9.45. The van der Waals surface area contributed by atoms with E-state index >= 15 is 0 Å². The zero-order valence-corrected chi connectivity index (χ0v) is 8.63. The van der Waals surface area contributed by atoms with Crippen molar-refractivity contribution >= 4 is 21.9 Å². The van der Waals surface area contributed by atoms with Crippen LogP contribution in [0.2, 0.25) is 0 Å². The molecule has 0 saturated carbocycles. The Kier molecular flexibility index (Phi) is 4.00. The highest BCUT2D eigenvalue weighted by molar-refractivity contribution is 9.10. The minimum Gasteiger partial charge on any atom is -0.354 e. The van der Waals surface area contributed by atoms with Crippen molar-refractivity contribution in [3.8, 4) is 0 Å². The molecule has 0 radical (unpaired) electrons. The Balaban J connectivity index is 2.37. The summed E-state index contributed by atoms with van der Waals surface area (Å²) in [6.07, 6.45) is 5.81. The molecule has 0 spiro atoms. The summed E-state index contributed by atoms with van der Waals surface area (Å²) in [6, 6.07) is 0. The van der Waals surface area contributed by atoms with E-state index in [1.807, 2.05) is 0 Å². The molecule has 0 unspecified atom stereocenters. The van der Waals surface area contributed by atoms with Gasteiger partial charge < -0.3 is 5.32 Å². The van der Waals surface area contributed by atoms with E-state index in [1.165, 1.54) is 6.42 Å². The summed E-state index contributed by atoms with van der Waals surface area (Å²) in [6.45, 7) is 3.10. The standard InChI is InChI=1S/C8H12BrN3/c1-2-3-4-10-8-11-5-7(9)6-12-8/h5-6H,2-4H2,1H3,(H,10,11,12). The molecule has 0 fully saturated rings. The van der Waals surface area contributed by atoms with Crippen LogP contribution < -0.4 is 5.32 Å². The van der Waals surface area contributed by atoms with Crippen LogP contribution >= 0.6 is 15.9 Å². The van der Waals surface area contributed by atoms with Gasteiger partial charge >= 0.3 is 0 Å². The van der Waals surface area contributed by atoms with Crippen LogP contribution in [0.4, 0.5) is 5.95 Å². The maximum absolute atomic E-state index is 4.08. The number of hydrogen-bond acceptors (Lipinski definition) is 3. The van der Waals surface area contributed by atoms with Gasteiger partial charge in [0.05, 0.1) is 4.47 Å². The third-order valence-corrected chi connectivity index (χ3v) is 1.84. The van der Waals surface area contributed by atoms with Crippen LogP contribution in [0.25, 0.3) is 0 Å². The highest BCUT2D eigenvalue weighted by atomic mass is 79.9. The van der Waals surface area contributed by atoms with Crippen molar-refractivity contribution < 1.29 is 0 Å². The van der Waals surface area contributed by atoms with E-state index in [0.29, 0.717) is 5.95 Å². The molecule has 3 nitrogen and oxygen atoms in total. The summed E-state index contributed by atoms with van der Waals surface area (Å²) in [5.74, 6) is 0.701. The van der Waals surface area contributed by atoms with E-state index in [0.717, 1.165) is 17.4 Å². The molecule has 1 aromatic heterocycles. The molecule has 1 N–H and O–H groups in total. The number of nitrogens with zero attached hydrogens (tertiary/aromatic N) is 2. The third-order valence-electron chi connectivity index (χ3n) is 1.43. The van der Waals surface area contributed by atoms with Gasteiger partial charge in [-0.25, -0.2) is 9.97 Å². The van der Waals surface area contributed by atoms with Crippen molar-refractivity contribution in [3.05, 3.63) is 16.9 Å². The van der Waals surface area contributed by atoms with Gasteiger partial charge in [-0.15, -0.1) is 0 Å². The van der Waals surface area contributed by atoms with Gasteiger partial charge in [0.1, 0.15) is 0 Å². The fraction of sp³-hybridized carbons (Fsp3) is 0.500. The van der Waals surface area contributed by atoms with Gasteiger partial charge in [0.25, 0.3) is 0 Å². The Labute approximate surface area is 80.7 Å². The average Bonchev–Trinajstić information content (AvgIpc) is 2.09. The Morgan fingerprint density at radius 2 is 2.08 bits per heavy atom. The molecule has 12 heavy (non-hydrogen) atoms. The lowest BCUT2D eigenvalue weighted by molar-refractivity contribution is 0.826. The minimum atomic E-state index is 0.701. The summed E-state index contributed by atoms with van der Waals surface area (Å²) >= 11 is 3.27. The molecule has 0 aliphatic heterocycles.